The second-order valence-corrected chi connectivity index (χ2v) is 7.91. The third kappa shape index (κ3) is 4.12. The number of carbonyl (C=O) groups excluding carboxylic acids is 1. The van der Waals surface area contributed by atoms with Crippen molar-refractivity contribution in [1.29, 1.82) is 0 Å². The second kappa shape index (κ2) is 7.66. The van der Waals surface area contributed by atoms with Crippen LogP contribution in [0.15, 0.2) is 36.4 Å². The van der Waals surface area contributed by atoms with Gasteiger partial charge in [0, 0.05) is 12.2 Å². The average Bonchev–Trinajstić information content (AvgIpc) is 3.29. The standard InChI is InChI=1S/C21H22N2O3S/c1-13-9-14(2)19-18(10-13)27-21(22-19)23-20(24)15-5-3-6-16(11-15)26-12-17-7-4-8-25-17/h3,5-6,9-11,17H,4,7-8,12H2,1-2H3,(H,22,23,24). The van der Waals surface area contributed by atoms with Gasteiger partial charge in [0.1, 0.15) is 12.4 Å². The van der Waals surface area contributed by atoms with E-state index in [1.807, 2.05) is 19.1 Å². The molecule has 0 saturated carbocycles. The Kier molecular flexibility index (Phi) is 5.09. The first kappa shape index (κ1) is 17.9. The Bertz CT molecular complexity index is 977. The maximum Gasteiger partial charge on any atom is 0.257 e. The lowest BCUT2D eigenvalue weighted by Crippen LogP contribution is -2.16. The van der Waals surface area contributed by atoms with Crippen LogP contribution in [0.3, 0.4) is 0 Å². The van der Waals surface area contributed by atoms with Crippen LogP contribution in [0.1, 0.15) is 34.3 Å². The van der Waals surface area contributed by atoms with Gasteiger partial charge >= 0.3 is 0 Å². The molecule has 1 aromatic heterocycles. The summed E-state index contributed by atoms with van der Waals surface area (Å²) in [7, 11) is 0. The van der Waals surface area contributed by atoms with Gasteiger partial charge in [0.05, 0.1) is 16.3 Å². The monoisotopic (exact) mass is 382 g/mol. The first-order valence-electron chi connectivity index (χ1n) is 9.12. The van der Waals surface area contributed by atoms with Crippen LogP contribution in [0.5, 0.6) is 5.75 Å². The van der Waals surface area contributed by atoms with Gasteiger partial charge in [-0.25, -0.2) is 4.98 Å². The minimum Gasteiger partial charge on any atom is -0.491 e. The lowest BCUT2D eigenvalue weighted by atomic mass is 10.1. The van der Waals surface area contributed by atoms with E-state index in [-0.39, 0.29) is 12.0 Å². The number of benzene rings is 2. The van der Waals surface area contributed by atoms with Crippen molar-refractivity contribution in [3.8, 4) is 5.75 Å². The summed E-state index contributed by atoms with van der Waals surface area (Å²) >= 11 is 1.49. The van der Waals surface area contributed by atoms with Crippen molar-refractivity contribution in [2.45, 2.75) is 32.8 Å². The smallest absolute Gasteiger partial charge is 0.257 e. The summed E-state index contributed by atoms with van der Waals surface area (Å²) in [6.45, 7) is 5.42. The van der Waals surface area contributed by atoms with Crippen LogP contribution in [0.25, 0.3) is 10.2 Å². The van der Waals surface area contributed by atoms with Gasteiger partial charge in [-0.2, -0.15) is 0 Å². The van der Waals surface area contributed by atoms with E-state index in [1.54, 1.807) is 12.1 Å². The van der Waals surface area contributed by atoms with Gasteiger partial charge < -0.3 is 9.47 Å². The molecule has 140 valence electrons. The molecule has 1 fully saturated rings. The molecule has 1 unspecified atom stereocenters. The van der Waals surface area contributed by atoms with Gasteiger partial charge in [-0.15, -0.1) is 0 Å². The first-order valence-corrected chi connectivity index (χ1v) is 9.94. The van der Waals surface area contributed by atoms with Crippen molar-refractivity contribution >= 4 is 32.6 Å². The Hall–Kier alpha value is -2.44. The van der Waals surface area contributed by atoms with Gasteiger partial charge in [-0.1, -0.05) is 23.5 Å². The summed E-state index contributed by atoms with van der Waals surface area (Å²) in [6.07, 6.45) is 2.26. The minimum atomic E-state index is -0.189. The molecule has 0 spiro atoms. The normalized spacial score (nSPS) is 16.6. The number of fused-ring (bicyclic) bond motifs is 1. The quantitative estimate of drug-likeness (QED) is 0.693. The maximum absolute atomic E-state index is 12.6. The van der Waals surface area contributed by atoms with Crippen LogP contribution >= 0.6 is 11.3 Å². The molecule has 1 aliphatic heterocycles. The highest BCUT2D eigenvalue weighted by Gasteiger charge is 2.17. The molecule has 6 heteroatoms. The lowest BCUT2D eigenvalue weighted by molar-refractivity contribution is 0.0679. The highest BCUT2D eigenvalue weighted by Crippen LogP contribution is 2.29. The minimum absolute atomic E-state index is 0.150. The number of hydrogen-bond donors (Lipinski definition) is 1. The summed E-state index contributed by atoms with van der Waals surface area (Å²) in [5.74, 6) is 0.486. The fraction of sp³-hybridized carbons (Fsp3) is 0.333. The highest BCUT2D eigenvalue weighted by molar-refractivity contribution is 7.22. The summed E-state index contributed by atoms with van der Waals surface area (Å²) in [4.78, 5) is 17.2. The highest BCUT2D eigenvalue weighted by atomic mass is 32.1. The number of rotatable bonds is 5. The fourth-order valence-electron chi connectivity index (χ4n) is 3.29. The summed E-state index contributed by atoms with van der Waals surface area (Å²) in [5, 5.41) is 3.51. The summed E-state index contributed by atoms with van der Waals surface area (Å²) in [6, 6.07) is 11.4. The molecular formula is C21H22N2O3S. The van der Waals surface area contributed by atoms with Gasteiger partial charge in [-0.3, -0.25) is 10.1 Å². The van der Waals surface area contributed by atoms with E-state index < -0.39 is 0 Å². The van der Waals surface area contributed by atoms with Crippen molar-refractivity contribution in [2.24, 2.45) is 0 Å². The van der Waals surface area contributed by atoms with Crippen LogP contribution in [0.4, 0.5) is 5.13 Å². The predicted molar refractivity (Wildman–Crippen MR) is 108 cm³/mol. The van der Waals surface area contributed by atoms with Crippen molar-refractivity contribution in [3.05, 3.63) is 53.1 Å². The molecule has 5 nitrogen and oxygen atoms in total. The molecule has 0 bridgehead atoms. The lowest BCUT2D eigenvalue weighted by Gasteiger charge is -2.12. The molecule has 0 aliphatic carbocycles. The average molecular weight is 382 g/mol. The summed E-state index contributed by atoms with van der Waals surface area (Å²) < 4.78 is 12.4. The Morgan fingerprint density at radius 2 is 2.22 bits per heavy atom. The van der Waals surface area contributed by atoms with Gasteiger partial charge in [0.15, 0.2) is 5.13 Å². The number of nitrogens with one attached hydrogen (secondary N) is 1. The molecule has 1 aliphatic rings. The van der Waals surface area contributed by atoms with Crippen LogP contribution in [-0.4, -0.2) is 30.2 Å². The predicted octanol–water partition coefficient (Wildman–Crippen LogP) is 4.72. The largest absolute Gasteiger partial charge is 0.491 e. The van der Waals surface area contributed by atoms with E-state index in [1.165, 1.54) is 16.9 Å². The number of aromatic nitrogens is 1. The van der Waals surface area contributed by atoms with Crippen LogP contribution < -0.4 is 10.1 Å². The molecule has 2 heterocycles. The Morgan fingerprint density at radius 1 is 1.33 bits per heavy atom. The topological polar surface area (TPSA) is 60.5 Å². The van der Waals surface area contributed by atoms with Crippen LogP contribution in [0, 0.1) is 13.8 Å². The van der Waals surface area contributed by atoms with Crippen molar-refractivity contribution in [3.63, 3.8) is 0 Å². The van der Waals surface area contributed by atoms with Crippen LogP contribution in [0.2, 0.25) is 0 Å². The molecule has 1 atom stereocenters. The number of nitrogens with zero attached hydrogens (tertiary/aromatic N) is 1. The number of hydrogen-bond acceptors (Lipinski definition) is 5. The Balaban J connectivity index is 1.46. The van der Waals surface area contributed by atoms with Crippen LogP contribution in [-0.2, 0) is 4.74 Å². The van der Waals surface area contributed by atoms with E-state index >= 15 is 0 Å². The van der Waals surface area contributed by atoms with Crippen molar-refractivity contribution in [1.82, 2.24) is 4.98 Å². The van der Waals surface area contributed by atoms with E-state index in [0.717, 1.165) is 35.2 Å². The molecular weight excluding hydrogens is 360 g/mol. The van der Waals surface area contributed by atoms with E-state index in [0.29, 0.717) is 23.1 Å². The zero-order chi connectivity index (χ0) is 18.8. The molecule has 0 radical (unpaired) electrons. The summed E-state index contributed by atoms with van der Waals surface area (Å²) in [5.41, 5.74) is 3.80. The zero-order valence-electron chi connectivity index (χ0n) is 15.5. The number of thiazole rings is 1. The van der Waals surface area contributed by atoms with E-state index in [2.05, 4.69) is 29.4 Å². The zero-order valence-corrected chi connectivity index (χ0v) is 16.3. The molecule has 3 aromatic rings. The first-order chi connectivity index (χ1) is 13.1. The molecule has 4 rings (SSSR count). The number of amides is 1. The molecule has 27 heavy (non-hydrogen) atoms. The maximum atomic E-state index is 12.6. The number of ether oxygens (including phenoxy) is 2. The number of aryl methyl sites for hydroxylation is 2. The Labute approximate surface area is 162 Å². The number of anilines is 1. The van der Waals surface area contributed by atoms with Gasteiger partial charge in [0.2, 0.25) is 0 Å². The third-order valence-electron chi connectivity index (χ3n) is 4.61. The molecule has 2 aromatic carbocycles. The van der Waals surface area contributed by atoms with Gasteiger partial charge in [0.25, 0.3) is 5.91 Å². The fourth-order valence-corrected chi connectivity index (χ4v) is 4.32. The second-order valence-electron chi connectivity index (χ2n) is 6.88. The van der Waals surface area contributed by atoms with Crippen molar-refractivity contribution < 1.29 is 14.3 Å². The van der Waals surface area contributed by atoms with E-state index in [4.69, 9.17) is 9.47 Å². The molecule has 1 amide bonds. The Morgan fingerprint density at radius 3 is 3.04 bits per heavy atom. The third-order valence-corrected chi connectivity index (χ3v) is 5.52. The number of carbonyl (C=O) groups is 1. The van der Waals surface area contributed by atoms with E-state index in [9.17, 15) is 4.79 Å². The molecule has 1 N–H and O–H groups in total. The molecule has 1 saturated heterocycles. The van der Waals surface area contributed by atoms with Gasteiger partial charge in [-0.05, 0) is 62.1 Å². The van der Waals surface area contributed by atoms with Crippen molar-refractivity contribution in [2.75, 3.05) is 18.5 Å². The SMILES string of the molecule is Cc1cc(C)c2nc(NC(=O)c3cccc(OCC4CCCO4)c3)sc2c1.